The smallest absolute Gasteiger partial charge is 0.379 e. The minimum absolute atomic E-state index is 0.123. The zero-order chi connectivity index (χ0) is 20.7. The van der Waals surface area contributed by atoms with Crippen LogP contribution in [0.2, 0.25) is 0 Å². The van der Waals surface area contributed by atoms with E-state index in [2.05, 4.69) is 0 Å². The van der Waals surface area contributed by atoms with E-state index in [4.69, 9.17) is 13.6 Å². The van der Waals surface area contributed by atoms with Crippen molar-refractivity contribution in [1.82, 2.24) is 0 Å². The van der Waals surface area contributed by atoms with E-state index in [1.165, 1.54) is 0 Å². The van der Waals surface area contributed by atoms with Crippen molar-refractivity contribution >= 4 is 27.9 Å². The molecule has 2 heterocycles. The number of para-hydroxylation sites is 1. The molecule has 0 amide bonds. The van der Waals surface area contributed by atoms with Gasteiger partial charge in [-0.3, -0.25) is 0 Å². The third-order valence-electron chi connectivity index (χ3n) is 5.04. The monoisotopic (exact) mass is 396 g/mol. The fourth-order valence-corrected chi connectivity index (χ4v) is 3.57. The molecular weight excluding hydrogens is 380 g/mol. The Kier molecular flexibility index (Phi) is 4.21. The average molecular weight is 396 g/mol. The van der Waals surface area contributed by atoms with E-state index in [1.54, 1.807) is 30.3 Å². The third kappa shape index (κ3) is 3.06. The molecular formula is C25H16O5. The van der Waals surface area contributed by atoms with Crippen molar-refractivity contribution in [2.75, 3.05) is 0 Å². The normalized spacial score (nSPS) is 11.1. The molecule has 30 heavy (non-hydrogen) atoms. The minimum Gasteiger partial charge on any atom is -0.449 e. The van der Waals surface area contributed by atoms with Crippen molar-refractivity contribution in [2.24, 2.45) is 0 Å². The molecule has 0 fully saturated rings. The summed E-state index contributed by atoms with van der Waals surface area (Å²) in [5, 5.41) is 1.52. The molecule has 0 atom stereocenters. The summed E-state index contributed by atoms with van der Waals surface area (Å²) in [5.74, 6) is -0.134. The maximum atomic E-state index is 12.6. The van der Waals surface area contributed by atoms with Crippen molar-refractivity contribution in [3.8, 4) is 16.9 Å². The van der Waals surface area contributed by atoms with Crippen LogP contribution in [0.5, 0.6) is 5.75 Å². The number of ether oxygens (including phenoxy) is 1. The lowest BCUT2D eigenvalue weighted by Gasteiger charge is -2.09. The molecule has 0 saturated carbocycles. The lowest BCUT2D eigenvalue weighted by atomic mass is 9.99. The highest BCUT2D eigenvalue weighted by atomic mass is 16.5. The summed E-state index contributed by atoms with van der Waals surface area (Å²) in [6, 6.07) is 23.3. The average Bonchev–Trinajstić information content (AvgIpc) is 3.20. The summed E-state index contributed by atoms with van der Waals surface area (Å²) >= 11 is 0. The predicted octanol–water partition coefficient (Wildman–Crippen LogP) is 5.73. The minimum atomic E-state index is -0.594. The number of furan rings is 1. The molecule has 5 aromatic rings. The molecule has 5 nitrogen and oxygen atoms in total. The Hall–Kier alpha value is -4.12. The zero-order valence-electron chi connectivity index (χ0n) is 16.0. The van der Waals surface area contributed by atoms with Crippen molar-refractivity contribution in [2.45, 2.75) is 6.92 Å². The number of benzene rings is 3. The van der Waals surface area contributed by atoms with Gasteiger partial charge in [0.25, 0.3) is 0 Å². The van der Waals surface area contributed by atoms with Gasteiger partial charge in [-0.25, -0.2) is 9.59 Å². The van der Waals surface area contributed by atoms with Crippen LogP contribution in [-0.2, 0) is 0 Å². The van der Waals surface area contributed by atoms with Gasteiger partial charge in [-0.2, -0.15) is 0 Å². The highest BCUT2D eigenvalue weighted by Gasteiger charge is 2.17. The molecule has 3 aromatic carbocycles. The van der Waals surface area contributed by atoms with Gasteiger partial charge in [0.05, 0.1) is 5.56 Å². The first-order valence-electron chi connectivity index (χ1n) is 9.44. The number of fused-ring (bicyclic) bond motifs is 2. The quantitative estimate of drug-likeness (QED) is 0.221. The Morgan fingerprint density at radius 2 is 1.60 bits per heavy atom. The first-order valence-corrected chi connectivity index (χ1v) is 9.44. The number of esters is 1. The highest BCUT2D eigenvalue weighted by molar-refractivity contribution is 5.94. The maximum Gasteiger partial charge on any atom is 0.379 e. The van der Waals surface area contributed by atoms with E-state index < -0.39 is 11.6 Å². The molecule has 0 spiro atoms. The largest absolute Gasteiger partial charge is 0.449 e. The van der Waals surface area contributed by atoms with Gasteiger partial charge in [-0.05, 0) is 48.4 Å². The van der Waals surface area contributed by atoms with Crippen LogP contribution in [0.25, 0.3) is 33.1 Å². The zero-order valence-corrected chi connectivity index (χ0v) is 16.0. The Balaban J connectivity index is 1.54. The summed E-state index contributed by atoms with van der Waals surface area (Å²) in [6.45, 7) is 1.85. The van der Waals surface area contributed by atoms with Crippen LogP contribution in [0.4, 0.5) is 0 Å². The fraction of sp³-hybridized carbons (Fsp3) is 0.0400. The van der Waals surface area contributed by atoms with Gasteiger partial charge in [0.2, 0.25) is 5.76 Å². The standard InChI is InChI=1S/C25H16O5/c1-15-19-14-18(28-24(26)22-13-17-9-5-6-10-20(17)29-22)11-12-21(19)30-25(27)23(15)16-7-3-2-4-8-16/h2-14H,1H3. The molecule has 2 aromatic heterocycles. The van der Waals surface area contributed by atoms with Crippen LogP contribution in [0.1, 0.15) is 16.1 Å². The predicted molar refractivity (Wildman–Crippen MR) is 114 cm³/mol. The summed E-state index contributed by atoms with van der Waals surface area (Å²) in [5.41, 5.74) is 2.67. The molecule has 0 N–H and O–H groups in total. The van der Waals surface area contributed by atoms with Crippen LogP contribution in [0.3, 0.4) is 0 Å². The Morgan fingerprint density at radius 1 is 0.833 bits per heavy atom. The lowest BCUT2D eigenvalue weighted by molar-refractivity contribution is 0.0704. The number of hydrogen-bond donors (Lipinski definition) is 0. The first kappa shape index (κ1) is 17.9. The molecule has 0 unspecified atom stereocenters. The van der Waals surface area contributed by atoms with Crippen molar-refractivity contribution in [1.29, 1.82) is 0 Å². The number of carbonyl (C=O) groups is 1. The van der Waals surface area contributed by atoms with Gasteiger partial charge >= 0.3 is 11.6 Å². The lowest BCUT2D eigenvalue weighted by Crippen LogP contribution is -2.08. The second-order valence-corrected chi connectivity index (χ2v) is 6.95. The van der Waals surface area contributed by atoms with Gasteiger partial charge in [-0.1, -0.05) is 48.5 Å². The van der Waals surface area contributed by atoms with E-state index in [-0.39, 0.29) is 5.76 Å². The van der Waals surface area contributed by atoms with Crippen LogP contribution >= 0.6 is 0 Å². The second-order valence-electron chi connectivity index (χ2n) is 6.95. The van der Waals surface area contributed by atoms with Gasteiger partial charge in [-0.15, -0.1) is 0 Å². The van der Waals surface area contributed by atoms with Gasteiger partial charge in [0.15, 0.2) is 0 Å². The second kappa shape index (κ2) is 7.04. The van der Waals surface area contributed by atoms with Gasteiger partial charge in [0.1, 0.15) is 16.9 Å². The highest BCUT2D eigenvalue weighted by Crippen LogP contribution is 2.29. The number of rotatable bonds is 3. The van der Waals surface area contributed by atoms with Crippen LogP contribution in [-0.4, -0.2) is 5.97 Å². The van der Waals surface area contributed by atoms with Crippen molar-refractivity contribution in [3.63, 3.8) is 0 Å². The van der Waals surface area contributed by atoms with Crippen LogP contribution in [0, 0.1) is 6.92 Å². The molecule has 5 rings (SSSR count). The van der Waals surface area contributed by atoms with E-state index in [1.807, 2.05) is 55.5 Å². The number of carbonyl (C=O) groups excluding carboxylic acids is 1. The summed E-state index contributed by atoms with van der Waals surface area (Å²) in [7, 11) is 0. The molecule has 0 aliphatic carbocycles. The summed E-state index contributed by atoms with van der Waals surface area (Å²) < 4.78 is 16.6. The Morgan fingerprint density at radius 3 is 2.40 bits per heavy atom. The van der Waals surface area contributed by atoms with E-state index in [0.717, 1.165) is 16.5 Å². The molecule has 146 valence electrons. The summed E-state index contributed by atoms with van der Waals surface area (Å²) in [4.78, 5) is 25.1. The SMILES string of the molecule is Cc1c(-c2ccccc2)c(=O)oc2ccc(OC(=O)c3cc4ccccc4o3)cc12. The maximum absolute atomic E-state index is 12.6. The first-order chi connectivity index (χ1) is 14.6. The van der Waals surface area contributed by atoms with E-state index in [9.17, 15) is 9.59 Å². The fourth-order valence-electron chi connectivity index (χ4n) is 3.57. The molecule has 0 bridgehead atoms. The third-order valence-corrected chi connectivity index (χ3v) is 5.04. The van der Waals surface area contributed by atoms with Gasteiger partial charge < -0.3 is 13.6 Å². The molecule has 0 saturated heterocycles. The number of hydrogen-bond acceptors (Lipinski definition) is 5. The molecule has 0 radical (unpaired) electrons. The van der Waals surface area contributed by atoms with Crippen molar-refractivity contribution in [3.05, 3.63) is 101 Å². The topological polar surface area (TPSA) is 69.7 Å². The van der Waals surface area contributed by atoms with E-state index >= 15 is 0 Å². The Labute approximate surface area is 171 Å². The number of aryl methyl sites for hydroxylation is 1. The van der Waals surface area contributed by atoms with Crippen molar-refractivity contribution < 1.29 is 18.4 Å². The van der Waals surface area contributed by atoms with E-state index in [0.29, 0.717) is 27.9 Å². The molecule has 0 aliphatic heterocycles. The van der Waals surface area contributed by atoms with Crippen LogP contribution in [0.15, 0.2) is 92.5 Å². The molecule has 5 heteroatoms. The summed E-state index contributed by atoms with van der Waals surface area (Å²) in [6.07, 6.45) is 0. The molecule has 0 aliphatic rings. The Bertz CT molecular complexity index is 1420. The van der Waals surface area contributed by atoms with Gasteiger partial charge in [0, 0.05) is 10.8 Å². The van der Waals surface area contributed by atoms with Crippen LogP contribution < -0.4 is 10.4 Å².